The summed E-state index contributed by atoms with van der Waals surface area (Å²) in [6.07, 6.45) is 4.08. The third kappa shape index (κ3) is 1.87. The Balaban J connectivity index is 2.70. The van der Waals surface area contributed by atoms with Gasteiger partial charge >= 0.3 is 0 Å². The van der Waals surface area contributed by atoms with E-state index in [2.05, 4.69) is 6.92 Å². The lowest BCUT2D eigenvalue weighted by Crippen LogP contribution is -2.16. The zero-order chi connectivity index (χ0) is 8.97. The minimum Gasteiger partial charge on any atom is -0.364 e. The second-order valence-corrected chi connectivity index (χ2v) is 2.80. The standard InChI is InChI=1S/C9H14N2O/c1-2-3-6-11-7-4-5-8(11)9(10)12/h4-5,7H,2-3,6H2,1H3,(H2,10,12). The molecular formula is C9H14N2O. The molecule has 0 aliphatic heterocycles. The van der Waals surface area contributed by atoms with Crippen LogP contribution in [0.5, 0.6) is 0 Å². The Hall–Kier alpha value is -1.25. The number of unbranched alkanes of at least 4 members (excludes halogenated alkanes) is 1. The molecule has 0 aliphatic rings. The van der Waals surface area contributed by atoms with Gasteiger partial charge in [0.15, 0.2) is 0 Å². The molecule has 3 heteroatoms. The molecule has 1 rings (SSSR count). The van der Waals surface area contributed by atoms with Gasteiger partial charge in [-0.05, 0) is 18.6 Å². The van der Waals surface area contributed by atoms with Crippen LogP contribution in [0.1, 0.15) is 30.3 Å². The first-order valence-corrected chi connectivity index (χ1v) is 4.20. The molecule has 0 saturated heterocycles. The average Bonchev–Trinajstić information content (AvgIpc) is 2.48. The predicted octanol–water partition coefficient (Wildman–Crippen LogP) is 1.39. The normalized spacial score (nSPS) is 10.1. The molecule has 12 heavy (non-hydrogen) atoms. The van der Waals surface area contributed by atoms with Crippen LogP contribution in [0.2, 0.25) is 0 Å². The lowest BCUT2D eigenvalue weighted by atomic mass is 10.3. The maximum Gasteiger partial charge on any atom is 0.265 e. The van der Waals surface area contributed by atoms with E-state index in [1.807, 2.05) is 16.8 Å². The zero-order valence-electron chi connectivity index (χ0n) is 7.29. The summed E-state index contributed by atoms with van der Waals surface area (Å²) in [4.78, 5) is 10.8. The third-order valence-corrected chi connectivity index (χ3v) is 1.83. The van der Waals surface area contributed by atoms with Crippen molar-refractivity contribution in [3.63, 3.8) is 0 Å². The monoisotopic (exact) mass is 166 g/mol. The van der Waals surface area contributed by atoms with Crippen LogP contribution in [0.15, 0.2) is 18.3 Å². The molecule has 0 unspecified atom stereocenters. The molecule has 0 fully saturated rings. The molecular weight excluding hydrogens is 152 g/mol. The van der Waals surface area contributed by atoms with Crippen LogP contribution in [0.4, 0.5) is 0 Å². The maximum absolute atomic E-state index is 10.8. The number of carbonyl (C=O) groups is 1. The molecule has 1 aromatic rings. The van der Waals surface area contributed by atoms with Gasteiger partial charge in [-0.15, -0.1) is 0 Å². The van der Waals surface area contributed by atoms with E-state index in [-0.39, 0.29) is 5.91 Å². The fourth-order valence-electron chi connectivity index (χ4n) is 1.16. The van der Waals surface area contributed by atoms with E-state index in [4.69, 9.17) is 5.73 Å². The minimum absolute atomic E-state index is 0.351. The molecule has 0 bridgehead atoms. The van der Waals surface area contributed by atoms with Gasteiger partial charge in [0.2, 0.25) is 0 Å². The second kappa shape index (κ2) is 3.95. The quantitative estimate of drug-likeness (QED) is 0.721. The number of hydrogen-bond donors (Lipinski definition) is 1. The summed E-state index contributed by atoms with van der Waals surface area (Å²) in [6, 6.07) is 3.59. The van der Waals surface area contributed by atoms with E-state index in [1.165, 1.54) is 0 Å². The fraction of sp³-hybridized carbons (Fsp3) is 0.444. The Morgan fingerprint density at radius 2 is 2.42 bits per heavy atom. The zero-order valence-corrected chi connectivity index (χ0v) is 7.29. The van der Waals surface area contributed by atoms with Gasteiger partial charge in [0.05, 0.1) is 0 Å². The topological polar surface area (TPSA) is 48.0 Å². The van der Waals surface area contributed by atoms with E-state index < -0.39 is 0 Å². The fourth-order valence-corrected chi connectivity index (χ4v) is 1.16. The Bertz CT molecular complexity index is 265. The van der Waals surface area contributed by atoms with Crippen molar-refractivity contribution in [3.05, 3.63) is 24.0 Å². The third-order valence-electron chi connectivity index (χ3n) is 1.83. The number of aryl methyl sites for hydroxylation is 1. The van der Waals surface area contributed by atoms with Crippen molar-refractivity contribution in [1.29, 1.82) is 0 Å². The van der Waals surface area contributed by atoms with Crippen LogP contribution in [0.25, 0.3) is 0 Å². The minimum atomic E-state index is -0.351. The first-order valence-electron chi connectivity index (χ1n) is 4.20. The smallest absolute Gasteiger partial charge is 0.265 e. The van der Waals surface area contributed by atoms with Crippen molar-refractivity contribution in [2.75, 3.05) is 0 Å². The highest BCUT2D eigenvalue weighted by Gasteiger charge is 2.04. The number of aromatic nitrogens is 1. The predicted molar refractivity (Wildman–Crippen MR) is 47.9 cm³/mol. The lowest BCUT2D eigenvalue weighted by molar-refractivity contribution is 0.0991. The summed E-state index contributed by atoms with van der Waals surface area (Å²) >= 11 is 0. The molecule has 0 aromatic carbocycles. The first kappa shape index (κ1) is 8.84. The summed E-state index contributed by atoms with van der Waals surface area (Å²) in [5, 5.41) is 0. The number of nitrogens with two attached hydrogens (primary N) is 1. The molecule has 0 aliphatic carbocycles. The number of primary amides is 1. The summed E-state index contributed by atoms with van der Waals surface area (Å²) in [7, 11) is 0. The number of nitrogens with zero attached hydrogens (tertiary/aromatic N) is 1. The largest absolute Gasteiger partial charge is 0.364 e. The van der Waals surface area contributed by atoms with Crippen LogP contribution in [-0.2, 0) is 6.54 Å². The highest BCUT2D eigenvalue weighted by atomic mass is 16.1. The molecule has 1 heterocycles. The molecule has 2 N–H and O–H groups in total. The summed E-state index contributed by atoms with van der Waals surface area (Å²) in [6.45, 7) is 3.00. The summed E-state index contributed by atoms with van der Waals surface area (Å²) < 4.78 is 1.89. The van der Waals surface area contributed by atoms with Crippen LogP contribution in [-0.4, -0.2) is 10.5 Å². The Kier molecular flexibility index (Phi) is 2.91. The molecule has 0 spiro atoms. The van der Waals surface area contributed by atoms with Crippen LogP contribution in [0, 0.1) is 0 Å². The highest BCUT2D eigenvalue weighted by molar-refractivity contribution is 5.91. The van der Waals surface area contributed by atoms with Gasteiger partial charge in [-0.3, -0.25) is 4.79 Å². The number of carbonyl (C=O) groups excluding carboxylic acids is 1. The number of rotatable bonds is 4. The van der Waals surface area contributed by atoms with Crippen molar-refractivity contribution in [3.8, 4) is 0 Å². The van der Waals surface area contributed by atoms with Crippen molar-refractivity contribution in [2.24, 2.45) is 5.73 Å². The molecule has 1 amide bonds. The van der Waals surface area contributed by atoms with Gasteiger partial charge in [0.1, 0.15) is 5.69 Å². The van der Waals surface area contributed by atoms with Gasteiger partial charge in [-0.2, -0.15) is 0 Å². The molecule has 66 valence electrons. The van der Waals surface area contributed by atoms with Crippen molar-refractivity contribution in [2.45, 2.75) is 26.3 Å². The van der Waals surface area contributed by atoms with Crippen LogP contribution < -0.4 is 5.73 Å². The molecule has 1 aromatic heterocycles. The van der Waals surface area contributed by atoms with Crippen molar-refractivity contribution >= 4 is 5.91 Å². The molecule has 3 nitrogen and oxygen atoms in total. The van der Waals surface area contributed by atoms with E-state index >= 15 is 0 Å². The van der Waals surface area contributed by atoms with Gasteiger partial charge in [0.25, 0.3) is 5.91 Å². The summed E-state index contributed by atoms with van der Waals surface area (Å²) in [5.41, 5.74) is 5.77. The van der Waals surface area contributed by atoms with Gasteiger partial charge < -0.3 is 10.3 Å². The SMILES string of the molecule is CCCCn1cccc1C(N)=O. The van der Waals surface area contributed by atoms with Crippen molar-refractivity contribution in [1.82, 2.24) is 4.57 Å². The van der Waals surface area contributed by atoms with Crippen LogP contribution in [0.3, 0.4) is 0 Å². The van der Waals surface area contributed by atoms with Crippen LogP contribution >= 0.6 is 0 Å². The Morgan fingerprint density at radius 1 is 1.67 bits per heavy atom. The molecule has 0 saturated carbocycles. The number of amides is 1. The Morgan fingerprint density at radius 3 is 3.00 bits per heavy atom. The second-order valence-electron chi connectivity index (χ2n) is 2.80. The van der Waals surface area contributed by atoms with E-state index in [1.54, 1.807) is 6.07 Å². The highest BCUT2D eigenvalue weighted by Crippen LogP contribution is 2.03. The number of hydrogen-bond acceptors (Lipinski definition) is 1. The molecule has 0 atom stereocenters. The lowest BCUT2D eigenvalue weighted by Gasteiger charge is -2.04. The van der Waals surface area contributed by atoms with Gasteiger partial charge in [-0.1, -0.05) is 13.3 Å². The van der Waals surface area contributed by atoms with E-state index in [9.17, 15) is 4.79 Å². The first-order chi connectivity index (χ1) is 5.75. The molecule has 0 radical (unpaired) electrons. The Labute approximate surface area is 72.2 Å². The van der Waals surface area contributed by atoms with Gasteiger partial charge in [0, 0.05) is 12.7 Å². The van der Waals surface area contributed by atoms with E-state index in [0.717, 1.165) is 19.4 Å². The van der Waals surface area contributed by atoms with Crippen molar-refractivity contribution < 1.29 is 4.79 Å². The van der Waals surface area contributed by atoms with Gasteiger partial charge in [-0.25, -0.2) is 0 Å². The average molecular weight is 166 g/mol. The van der Waals surface area contributed by atoms with E-state index in [0.29, 0.717) is 5.69 Å². The summed E-state index contributed by atoms with van der Waals surface area (Å²) in [5.74, 6) is -0.351. The maximum atomic E-state index is 10.8.